The van der Waals surface area contributed by atoms with Crippen LogP contribution in [0.5, 0.6) is 0 Å². The normalized spacial score (nSPS) is 53.8. The maximum absolute atomic E-state index is 6.56. The van der Waals surface area contributed by atoms with Crippen LogP contribution in [0, 0.1) is 0 Å². The maximum atomic E-state index is 6.56. The number of rotatable bonds is 0. The predicted octanol–water partition coefficient (Wildman–Crippen LogP) is 2.75. The highest BCUT2D eigenvalue weighted by molar-refractivity contribution is 5.38. The van der Waals surface area contributed by atoms with Gasteiger partial charge in [0.2, 0.25) is 0 Å². The first-order chi connectivity index (χ1) is 10.8. The summed E-state index contributed by atoms with van der Waals surface area (Å²) < 4.78 is 25.8. The third-order valence-electron chi connectivity index (χ3n) is 6.79. The standard InChI is InChI=1S/C18H26O4/c1-5-15(19-11-1)9-10-16(6-2-12-20-16)18(8-4-14-22-18)17(15)7-3-13-21-17/h9-10H,1-8,11-14H2/t15-,16+,17+,18-. The highest BCUT2D eigenvalue weighted by atomic mass is 16.6. The molecule has 4 heterocycles. The first kappa shape index (κ1) is 14.0. The monoisotopic (exact) mass is 306 g/mol. The first-order valence-corrected chi connectivity index (χ1v) is 9.05. The molecule has 0 aromatic carbocycles. The molecule has 4 spiro atoms. The molecule has 0 unspecified atom stereocenters. The summed E-state index contributed by atoms with van der Waals surface area (Å²) in [6, 6.07) is 0. The Morgan fingerprint density at radius 1 is 0.500 bits per heavy atom. The van der Waals surface area contributed by atoms with Gasteiger partial charge in [-0.3, -0.25) is 0 Å². The summed E-state index contributed by atoms with van der Waals surface area (Å²) in [6.07, 6.45) is 13.2. The van der Waals surface area contributed by atoms with E-state index in [0.29, 0.717) is 0 Å². The van der Waals surface area contributed by atoms with Crippen LogP contribution in [0.4, 0.5) is 0 Å². The SMILES string of the molecule is C1=C[C@]2(CCCO2)[C@@]2(CCCO2)[C@@]2(CCCO2)[C@]12CCCO2. The molecule has 4 atom stereocenters. The average Bonchev–Trinajstić information content (AvgIpc) is 3.31. The number of fused-ring (bicyclic) bond motifs is 3. The fourth-order valence-corrected chi connectivity index (χ4v) is 6.03. The van der Waals surface area contributed by atoms with Crippen molar-refractivity contribution < 1.29 is 18.9 Å². The average molecular weight is 306 g/mol. The predicted molar refractivity (Wildman–Crippen MR) is 80.8 cm³/mol. The first-order valence-electron chi connectivity index (χ1n) is 9.05. The molecule has 0 bridgehead atoms. The van der Waals surface area contributed by atoms with E-state index in [1.807, 2.05) is 0 Å². The summed E-state index contributed by atoms with van der Waals surface area (Å²) in [5, 5.41) is 0. The molecule has 4 heteroatoms. The van der Waals surface area contributed by atoms with Gasteiger partial charge in [0.1, 0.15) is 22.4 Å². The smallest absolute Gasteiger partial charge is 0.133 e. The topological polar surface area (TPSA) is 36.9 Å². The molecule has 4 nitrogen and oxygen atoms in total. The van der Waals surface area contributed by atoms with Crippen molar-refractivity contribution in [2.24, 2.45) is 0 Å². The molecule has 0 radical (unpaired) electrons. The Bertz CT molecular complexity index is 429. The Kier molecular flexibility index (Phi) is 2.90. The molecule has 4 fully saturated rings. The van der Waals surface area contributed by atoms with Crippen molar-refractivity contribution >= 4 is 0 Å². The summed E-state index contributed by atoms with van der Waals surface area (Å²) >= 11 is 0. The molecule has 122 valence electrons. The lowest BCUT2D eigenvalue weighted by Crippen LogP contribution is -2.76. The number of hydrogen-bond donors (Lipinski definition) is 0. The lowest BCUT2D eigenvalue weighted by molar-refractivity contribution is -0.294. The van der Waals surface area contributed by atoms with Crippen LogP contribution in [0.2, 0.25) is 0 Å². The van der Waals surface area contributed by atoms with Crippen molar-refractivity contribution in [1.29, 1.82) is 0 Å². The van der Waals surface area contributed by atoms with Crippen molar-refractivity contribution in [3.63, 3.8) is 0 Å². The van der Waals surface area contributed by atoms with E-state index in [1.54, 1.807) is 0 Å². The van der Waals surface area contributed by atoms with Gasteiger partial charge in [0.25, 0.3) is 0 Å². The molecular weight excluding hydrogens is 280 g/mol. The van der Waals surface area contributed by atoms with Crippen LogP contribution < -0.4 is 0 Å². The molecule has 0 aromatic heterocycles. The summed E-state index contributed by atoms with van der Waals surface area (Å²) in [7, 11) is 0. The Labute approximate surface area is 132 Å². The summed E-state index contributed by atoms with van der Waals surface area (Å²) in [5.41, 5.74) is -1.31. The number of hydrogen-bond acceptors (Lipinski definition) is 4. The third kappa shape index (κ3) is 1.40. The molecule has 0 amide bonds. The van der Waals surface area contributed by atoms with Crippen LogP contribution in [0.25, 0.3) is 0 Å². The van der Waals surface area contributed by atoms with E-state index >= 15 is 0 Å². The van der Waals surface area contributed by atoms with Gasteiger partial charge >= 0.3 is 0 Å². The minimum atomic E-state index is -0.355. The highest BCUT2D eigenvalue weighted by Gasteiger charge is 2.76. The van der Waals surface area contributed by atoms with Crippen LogP contribution in [0.15, 0.2) is 12.2 Å². The Balaban J connectivity index is 1.73. The Morgan fingerprint density at radius 3 is 1.23 bits per heavy atom. The zero-order valence-corrected chi connectivity index (χ0v) is 13.3. The zero-order chi connectivity index (χ0) is 14.7. The second-order valence-electron chi connectivity index (χ2n) is 7.57. The van der Waals surface area contributed by atoms with Gasteiger partial charge in [-0.2, -0.15) is 0 Å². The van der Waals surface area contributed by atoms with Crippen LogP contribution >= 0.6 is 0 Å². The molecule has 0 N–H and O–H groups in total. The van der Waals surface area contributed by atoms with Crippen molar-refractivity contribution in [3.05, 3.63) is 12.2 Å². The summed E-state index contributed by atoms with van der Waals surface area (Å²) in [4.78, 5) is 0. The number of ether oxygens (including phenoxy) is 4. The van der Waals surface area contributed by atoms with E-state index in [4.69, 9.17) is 18.9 Å². The van der Waals surface area contributed by atoms with E-state index in [2.05, 4.69) is 12.2 Å². The summed E-state index contributed by atoms with van der Waals surface area (Å²) in [6.45, 7) is 3.30. The molecular formula is C18H26O4. The zero-order valence-electron chi connectivity index (χ0n) is 13.3. The second-order valence-corrected chi connectivity index (χ2v) is 7.57. The molecule has 4 saturated heterocycles. The molecule has 0 aromatic rings. The van der Waals surface area contributed by atoms with E-state index in [0.717, 1.165) is 77.8 Å². The van der Waals surface area contributed by atoms with Gasteiger partial charge in [-0.1, -0.05) is 12.2 Å². The minimum Gasteiger partial charge on any atom is -0.368 e. The van der Waals surface area contributed by atoms with Gasteiger partial charge in [0.05, 0.1) is 0 Å². The molecule has 22 heavy (non-hydrogen) atoms. The van der Waals surface area contributed by atoms with Crippen LogP contribution in [0.3, 0.4) is 0 Å². The largest absolute Gasteiger partial charge is 0.368 e. The van der Waals surface area contributed by atoms with Gasteiger partial charge in [-0.15, -0.1) is 0 Å². The van der Waals surface area contributed by atoms with Gasteiger partial charge in [-0.05, 0) is 51.4 Å². The van der Waals surface area contributed by atoms with E-state index in [9.17, 15) is 0 Å². The molecule has 0 saturated carbocycles. The van der Waals surface area contributed by atoms with Crippen molar-refractivity contribution in [3.8, 4) is 0 Å². The van der Waals surface area contributed by atoms with Crippen molar-refractivity contribution in [1.82, 2.24) is 0 Å². The van der Waals surface area contributed by atoms with Crippen molar-refractivity contribution in [2.75, 3.05) is 26.4 Å². The van der Waals surface area contributed by atoms with Gasteiger partial charge in [0, 0.05) is 26.4 Å². The van der Waals surface area contributed by atoms with Crippen LogP contribution in [0.1, 0.15) is 51.4 Å². The van der Waals surface area contributed by atoms with Gasteiger partial charge in [-0.25, -0.2) is 0 Å². The molecule has 1 aliphatic carbocycles. The van der Waals surface area contributed by atoms with E-state index in [1.165, 1.54) is 0 Å². The fraction of sp³-hybridized carbons (Fsp3) is 0.889. The van der Waals surface area contributed by atoms with Gasteiger partial charge < -0.3 is 18.9 Å². The molecule has 5 aliphatic rings. The highest BCUT2D eigenvalue weighted by Crippen LogP contribution is 2.63. The van der Waals surface area contributed by atoms with E-state index in [-0.39, 0.29) is 22.4 Å². The van der Waals surface area contributed by atoms with Crippen molar-refractivity contribution in [2.45, 2.75) is 73.8 Å². The lowest BCUT2D eigenvalue weighted by atomic mass is 9.56. The van der Waals surface area contributed by atoms with Crippen LogP contribution in [-0.2, 0) is 18.9 Å². The van der Waals surface area contributed by atoms with E-state index < -0.39 is 0 Å². The third-order valence-corrected chi connectivity index (χ3v) is 6.79. The lowest BCUT2D eigenvalue weighted by Gasteiger charge is -2.61. The maximum Gasteiger partial charge on any atom is 0.133 e. The molecule has 4 aliphatic heterocycles. The Hall–Kier alpha value is -0.420. The Morgan fingerprint density at radius 2 is 0.909 bits per heavy atom. The minimum absolute atomic E-state index is 0.301. The quantitative estimate of drug-likeness (QED) is 0.645. The fourth-order valence-electron chi connectivity index (χ4n) is 6.03. The summed E-state index contributed by atoms with van der Waals surface area (Å²) in [5.74, 6) is 0. The van der Waals surface area contributed by atoms with Crippen LogP contribution in [-0.4, -0.2) is 48.8 Å². The second kappa shape index (κ2) is 4.56. The van der Waals surface area contributed by atoms with Gasteiger partial charge in [0.15, 0.2) is 0 Å². The molecule has 5 rings (SSSR count).